The topological polar surface area (TPSA) is 19.4 Å². The molecule has 17 heavy (non-hydrogen) atoms. The van der Waals surface area contributed by atoms with Gasteiger partial charge in [0.25, 0.3) is 0 Å². The van der Waals surface area contributed by atoms with Gasteiger partial charge in [-0.05, 0) is 19.2 Å². The first-order chi connectivity index (χ1) is 8.31. The summed E-state index contributed by atoms with van der Waals surface area (Å²) in [5.74, 6) is 0. The summed E-state index contributed by atoms with van der Waals surface area (Å²) >= 11 is 1.83. The van der Waals surface area contributed by atoms with E-state index < -0.39 is 0 Å². The third kappa shape index (κ3) is 2.49. The van der Waals surface area contributed by atoms with E-state index in [-0.39, 0.29) is 0 Å². The second-order valence-electron chi connectivity index (χ2n) is 4.65. The summed E-state index contributed by atoms with van der Waals surface area (Å²) in [6.45, 7) is 5.67. The highest BCUT2D eigenvalue weighted by atomic mass is 32.1. The largest absolute Gasteiger partial charge is 0.304 e. The molecule has 0 N–H and O–H groups in total. The smallest absolute Gasteiger partial charge is 0.108 e. The molecule has 2 aromatic rings. The lowest BCUT2D eigenvalue weighted by molar-refractivity contribution is 0.148. The number of fused-ring (bicyclic) bond motifs is 1. The van der Waals surface area contributed by atoms with Gasteiger partial charge in [0.2, 0.25) is 0 Å². The van der Waals surface area contributed by atoms with Gasteiger partial charge in [0, 0.05) is 26.2 Å². The van der Waals surface area contributed by atoms with Crippen molar-refractivity contribution in [2.24, 2.45) is 0 Å². The molecule has 1 aliphatic heterocycles. The number of nitrogens with zero attached hydrogens (tertiary/aromatic N) is 3. The summed E-state index contributed by atoms with van der Waals surface area (Å²) in [6.07, 6.45) is 0. The average Bonchev–Trinajstić information content (AvgIpc) is 2.74. The van der Waals surface area contributed by atoms with Crippen LogP contribution in [0.3, 0.4) is 0 Å². The predicted molar refractivity (Wildman–Crippen MR) is 72.4 cm³/mol. The Morgan fingerprint density at radius 1 is 1.18 bits per heavy atom. The Labute approximate surface area is 106 Å². The van der Waals surface area contributed by atoms with Crippen LogP contribution in [0.1, 0.15) is 5.01 Å². The van der Waals surface area contributed by atoms with Crippen molar-refractivity contribution >= 4 is 21.6 Å². The van der Waals surface area contributed by atoms with Crippen molar-refractivity contribution in [2.45, 2.75) is 6.54 Å². The predicted octanol–water partition coefficient (Wildman–Crippen LogP) is 2.04. The summed E-state index contributed by atoms with van der Waals surface area (Å²) < 4.78 is 1.30. The van der Waals surface area contributed by atoms with E-state index in [9.17, 15) is 0 Å². The number of piperazine rings is 1. The molecular weight excluding hydrogens is 230 g/mol. The molecule has 1 fully saturated rings. The number of aromatic nitrogens is 1. The van der Waals surface area contributed by atoms with Gasteiger partial charge in [-0.15, -0.1) is 11.3 Å². The number of likely N-dealkylation sites (N-methyl/N-ethyl adjacent to an activating group) is 1. The van der Waals surface area contributed by atoms with Crippen molar-refractivity contribution in [2.75, 3.05) is 33.2 Å². The van der Waals surface area contributed by atoms with Crippen LogP contribution in [0.4, 0.5) is 0 Å². The molecule has 0 aliphatic carbocycles. The first-order valence-corrected chi connectivity index (χ1v) is 6.88. The molecule has 0 radical (unpaired) electrons. The lowest BCUT2D eigenvalue weighted by Gasteiger charge is -2.31. The Kier molecular flexibility index (Phi) is 3.09. The number of para-hydroxylation sites is 1. The third-order valence-corrected chi connectivity index (χ3v) is 4.31. The van der Waals surface area contributed by atoms with Gasteiger partial charge in [0.15, 0.2) is 0 Å². The van der Waals surface area contributed by atoms with Crippen LogP contribution in [-0.4, -0.2) is 48.0 Å². The second-order valence-corrected chi connectivity index (χ2v) is 5.77. The lowest BCUT2D eigenvalue weighted by Crippen LogP contribution is -2.43. The Hall–Kier alpha value is -0.970. The third-order valence-electron chi connectivity index (χ3n) is 3.29. The molecule has 3 nitrogen and oxygen atoms in total. The molecule has 0 saturated carbocycles. The molecule has 2 heterocycles. The quantitative estimate of drug-likeness (QED) is 0.809. The van der Waals surface area contributed by atoms with E-state index >= 15 is 0 Å². The van der Waals surface area contributed by atoms with Crippen LogP contribution in [0.25, 0.3) is 10.2 Å². The molecule has 1 aromatic heterocycles. The van der Waals surface area contributed by atoms with E-state index in [2.05, 4.69) is 46.1 Å². The Morgan fingerprint density at radius 2 is 1.94 bits per heavy atom. The molecule has 3 rings (SSSR count). The van der Waals surface area contributed by atoms with E-state index in [1.165, 1.54) is 22.8 Å². The number of hydrogen-bond donors (Lipinski definition) is 0. The minimum absolute atomic E-state index is 1.01. The highest BCUT2D eigenvalue weighted by Gasteiger charge is 2.15. The molecular formula is C13H17N3S. The van der Waals surface area contributed by atoms with Gasteiger partial charge in [0.1, 0.15) is 5.01 Å². The van der Waals surface area contributed by atoms with Gasteiger partial charge in [-0.2, -0.15) is 0 Å². The summed E-state index contributed by atoms with van der Waals surface area (Å²) in [4.78, 5) is 9.57. The van der Waals surface area contributed by atoms with Crippen LogP contribution in [0.15, 0.2) is 24.3 Å². The van der Waals surface area contributed by atoms with Crippen molar-refractivity contribution in [3.05, 3.63) is 29.3 Å². The second kappa shape index (κ2) is 4.72. The van der Waals surface area contributed by atoms with E-state index in [0.717, 1.165) is 25.2 Å². The van der Waals surface area contributed by atoms with Crippen molar-refractivity contribution in [1.29, 1.82) is 0 Å². The highest BCUT2D eigenvalue weighted by molar-refractivity contribution is 7.18. The normalized spacial score (nSPS) is 18.9. The number of hydrogen-bond acceptors (Lipinski definition) is 4. The maximum absolute atomic E-state index is 4.69. The van der Waals surface area contributed by atoms with Crippen LogP contribution in [-0.2, 0) is 6.54 Å². The molecule has 1 aliphatic rings. The van der Waals surface area contributed by atoms with Gasteiger partial charge < -0.3 is 4.90 Å². The number of thiazole rings is 1. The van der Waals surface area contributed by atoms with Crippen LogP contribution < -0.4 is 0 Å². The summed E-state index contributed by atoms with van der Waals surface area (Å²) in [5, 5.41) is 1.25. The Bertz CT molecular complexity index is 467. The van der Waals surface area contributed by atoms with Gasteiger partial charge in [-0.25, -0.2) is 4.98 Å². The van der Waals surface area contributed by atoms with Gasteiger partial charge in [0.05, 0.1) is 16.8 Å². The van der Waals surface area contributed by atoms with Gasteiger partial charge in [-0.3, -0.25) is 4.90 Å². The average molecular weight is 247 g/mol. The van der Waals surface area contributed by atoms with Crippen LogP contribution in [0.2, 0.25) is 0 Å². The molecule has 0 amide bonds. The van der Waals surface area contributed by atoms with E-state index in [1.807, 2.05) is 11.3 Å². The van der Waals surface area contributed by atoms with Crippen LogP contribution in [0, 0.1) is 0 Å². The molecule has 0 unspecified atom stereocenters. The highest BCUT2D eigenvalue weighted by Crippen LogP contribution is 2.22. The SMILES string of the molecule is CN1CCN(Cc2nc3ccccc3s2)CC1. The number of rotatable bonds is 2. The maximum atomic E-state index is 4.69. The number of benzene rings is 1. The molecule has 0 spiro atoms. The van der Waals surface area contributed by atoms with Crippen molar-refractivity contribution < 1.29 is 0 Å². The molecule has 0 atom stereocenters. The monoisotopic (exact) mass is 247 g/mol. The van der Waals surface area contributed by atoms with Crippen molar-refractivity contribution in [1.82, 2.24) is 14.8 Å². The Morgan fingerprint density at radius 3 is 2.71 bits per heavy atom. The van der Waals surface area contributed by atoms with Crippen LogP contribution >= 0.6 is 11.3 Å². The zero-order chi connectivity index (χ0) is 11.7. The van der Waals surface area contributed by atoms with Crippen molar-refractivity contribution in [3.63, 3.8) is 0 Å². The zero-order valence-corrected chi connectivity index (χ0v) is 10.9. The van der Waals surface area contributed by atoms with E-state index in [0.29, 0.717) is 0 Å². The zero-order valence-electron chi connectivity index (χ0n) is 10.1. The lowest BCUT2D eigenvalue weighted by atomic mass is 10.3. The fourth-order valence-corrected chi connectivity index (χ4v) is 3.19. The van der Waals surface area contributed by atoms with Crippen molar-refractivity contribution in [3.8, 4) is 0 Å². The van der Waals surface area contributed by atoms with E-state index in [1.54, 1.807) is 0 Å². The molecule has 4 heteroatoms. The summed E-state index contributed by atoms with van der Waals surface area (Å²) in [7, 11) is 2.19. The molecule has 1 aromatic carbocycles. The first kappa shape index (κ1) is 11.1. The first-order valence-electron chi connectivity index (χ1n) is 6.06. The Balaban J connectivity index is 1.72. The standard InChI is InChI=1S/C13H17N3S/c1-15-6-8-16(9-7-15)10-13-14-11-4-2-3-5-12(11)17-13/h2-5H,6-10H2,1H3. The minimum Gasteiger partial charge on any atom is -0.304 e. The van der Waals surface area contributed by atoms with Gasteiger partial charge in [-0.1, -0.05) is 12.1 Å². The summed E-state index contributed by atoms with van der Waals surface area (Å²) in [6, 6.07) is 8.39. The van der Waals surface area contributed by atoms with Gasteiger partial charge >= 0.3 is 0 Å². The fraction of sp³-hybridized carbons (Fsp3) is 0.462. The molecule has 1 saturated heterocycles. The minimum atomic E-state index is 1.01. The van der Waals surface area contributed by atoms with E-state index in [4.69, 9.17) is 0 Å². The fourth-order valence-electron chi connectivity index (χ4n) is 2.18. The molecule has 0 bridgehead atoms. The van der Waals surface area contributed by atoms with Crippen LogP contribution in [0.5, 0.6) is 0 Å². The maximum Gasteiger partial charge on any atom is 0.108 e. The molecule has 90 valence electrons. The summed E-state index contributed by atoms with van der Waals surface area (Å²) in [5.41, 5.74) is 1.14.